The second-order valence-corrected chi connectivity index (χ2v) is 8.12. The predicted molar refractivity (Wildman–Crippen MR) is 90.1 cm³/mol. The van der Waals surface area contributed by atoms with Gasteiger partial charge in [0.25, 0.3) is 16.0 Å². The Morgan fingerprint density at radius 1 is 1.19 bits per heavy atom. The van der Waals surface area contributed by atoms with E-state index >= 15 is 0 Å². The van der Waals surface area contributed by atoms with Crippen LogP contribution in [0.3, 0.4) is 0 Å². The smallest absolute Gasteiger partial charge is 0.339 e. The molecule has 26 heavy (non-hydrogen) atoms. The third-order valence-electron chi connectivity index (χ3n) is 4.42. The number of piperidine rings is 1. The number of alkyl halides is 3. The molecule has 0 saturated carbocycles. The van der Waals surface area contributed by atoms with Crippen molar-refractivity contribution in [2.45, 2.75) is 31.9 Å². The largest absolute Gasteiger partial charge is 0.416 e. The van der Waals surface area contributed by atoms with Gasteiger partial charge in [-0.1, -0.05) is 0 Å². The van der Waals surface area contributed by atoms with Gasteiger partial charge in [0.05, 0.1) is 18.4 Å². The van der Waals surface area contributed by atoms with Gasteiger partial charge in [-0.05, 0) is 55.9 Å². The minimum absolute atomic E-state index is 0.156. The summed E-state index contributed by atoms with van der Waals surface area (Å²) in [5, 5.41) is 0. The molecule has 1 aliphatic heterocycles. The highest BCUT2D eigenvalue weighted by molar-refractivity contribution is 7.85. The number of likely N-dealkylation sites (tertiary alicyclic amines) is 1. The highest BCUT2D eigenvalue weighted by Gasteiger charge is 2.30. The van der Waals surface area contributed by atoms with Crippen molar-refractivity contribution >= 4 is 16.0 Å². The molecule has 1 aromatic rings. The van der Waals surface area contributed by atoms with Gasteiger partial charge in [0.2, 0.25) is 0 Å². The van der Waals surface area contributed by atoms with E-state index in [9.17, 15) is 26.4 Å². The van der Waals surface area contributed by atoms with Crippen molar-refractivity contribution in [3.05, 3.63) is 35.4 Å². The number of nitrogens with zero attached hydrogens (tertiary/aromatic N) is 1. The zero-order chi connectivity index (χ0) is 19.4. The van der Waals surface area contributed by atoms with Gasteiger partial charge in [-0.25, -0.2) is 0 Å². The Hall–Kier alpha value is -1.61. The van der Waals surface area contributed by atoms with Crippen molar-refractivity contribution in [1.82, 2.24) is 4.90 Å². The molecule has 1 fully saturated rings. The summed E-state index contributed by atoms with van der Waals surface area (Å²) in [5.41, 5.74) is -0.526. The van der Waals surface area contributed by atoms with E-state index in [0.717, 1.165) is 37.7 Å². The molecular weight excluding hydrogens is 371 g/mol. The number of halogens is 3. The maximum absolute atomic E-state index is 12.6. The lowest BCUT2D eigenvalue weighted by Crippen LogP contribution is -2.38. The van der Waals surface area contributed by atoms with E-state index in [1.165, 1.54) is 12.1 Å². The topological polar surface area (TPSA) is 63.7 Å². The maximum atomic E-state index is 12.6. The molecule has 0 aliphatic carbocycles. The Morgan fingerprint density at radius 2 is 1.77 bits per heavy atom. The number of rotatable bonds is 6. The van der Waals surface area contributed by atoms with Gasteiger partial charge in [0, 0.05) is 18.7 Å². The van der Waals surface area contributed by atoms with Gasteiger partial charge in [-0.2, -0.15) is 21.6 Å². The Balaban J connectivity index is 1.79. The van der Waals surface area contributed by atoms with E-state index in [1.54, 1.807) is 4.90 Å². The Labute approximate surface area is 151 Å². The standard InChI is InChI=1S/C17H22F3NO4S/c1-26(23,24)25-12-2-3-13-8-10-21(11-9-13)16(22)14-4-6-15(7-5-14)17(18,19)20/h4-7,13H,2-3,8-12H2,1H3. The van der Waals surface area contributed by atoms with Crippen molar-refractivity contribution in [3.63, 3.8) is 0 Å². The monoisotopic (exact) mass is 393 g/mol. The van der Waals surface area contributed by atoms with Gasteiger partial charge >= 0.3 is 6.18 Å². The van der Waals surface area contributed by atoms with Crippen molar-refractivity contribution < 1.29 is 30.6 Å². The van der Waals surface area contributed by atoms with E-state index in [2.05, 4.69) is 0 Å². The number of benzene rings is 1. The summed E-state index contributed by atoms with van der Waals surface area (Å²) in [6, 6.07) is 4.25. The normalized spacial score (nSPS) is 16.7. The molecule has 0 radical (unpaired) electrons. The Morgan fingerprint density at radius 3 is 2.27 bits per heavy atom. The molecule has 0 atom stereocenters. The van der Waals surface area contributed by atoms with E-state index in [-0.39, 0.29) is 18.1 Å². The molecule has 1 heterocycles. The zero-order valence-corrected chi connectivity index (χ0v) is 15.3. The van der Waals surface area contributed by atoms with Crippen LogP contribution in [0, 0.1) is 5.92 Å². The number of carbonyl (C=O) groups is 1. The minimum Gasteiger partial charge on any atom is -0.339 e. The van der Waals surface area contributed by atoms with Crippen molar-refractivity contribution in [2.75, 3.05) is 26.0 Å². The average molecular weight is 393 g/mol. The van der Waals surface area contributed by atoms with Crippen LogP contribution in [0.4, 0.5) is 13.2 Å². The quantitative estimate of drug-likeness (QED) is 0.549. The van der Waals surface area contributed by atoms with Crippen LogP contribution in [0.5, 0.6) is 0 Å². The van der Waals surface area contributed by atoms with Crippen molar-refractivity contribution in [2.24, 2.45) is 5.92 Å². The first-order valence-corrected chi connectivity index (χ1v) is 10.2. The summed E-state index contributed by atoms with van der Waals surface area (Å²) in [7, 11) is -3.41. The van der Waals surface area contributed by atoms with Crippen LogP contribution in [0.25, 0.3) is 0 Å². The van der Waals surface area contributed by atoms with Crippen LogP contribution in [-0.2, 0) is 20.5 Å². The average Bonchev–Trinajstić information content (AvgIpc) is 2.57. The molecule has 0 aromatic heterocycles. The summed E-state index contributed by atoms with van der Waals surface area (Å²) >= 11 is 0. The second kappa shape index (κ2) is 8.39. The van der Waals surface area contributed by atoms with Gasteiger partial charge in [-0.3, -0.25) is 8.98 Å². The van der Waals surface area contributed by atoms with Gasteiger partial charge in [0.1, 0.15) is 0 Å². The highest BCUT2D eigenvalue weighted by Crippen LogP contribution is 2.29. The van der Waals surface area contributed by atoms with Crippen LogP contribution in [0.15, 0.2) is 24.3 Å². The molecule has 1 saturated heterocycles. The first-order chi connectivity index (χ1) is 12.1. The van der Waals surface area contributed by atoms with Crippen LogP contribution in [-0.4, -0.2) is 45.2 Å². The van der Waals surface area contributed by atoms with E-state index < -0.39 is 21.9 Å². The summed E-state index contributed by atoms with van der Waals surface area (Å²) < 4.78 is 64.2. The molecule has 0 spiro atoms. The molecule has 2 rings (SSSR count). The molecule has 5 nitrogen and oxygen atoms in total. The number of amides is 1. The predicted octanol–water partition coefficient (Wildman–Crippen LogP) is 3.31. The molecule has 146 valence electrons. The summed E-state index contributed by atoms with van der Waals surface area (Å²) in [4.78, 5) is 14.0. The zero-order valence-electron chi connectivity index (χ0n) is 14.5. The van der Waals surface area contributed by atoms with Crippen LogP contribution in [0.1, 0.15) is 41.6 Å². The second-order valence-electron chi connectivity index (χ2n) is 6.48. The van der Waals surface area contributed by atoms with Gasteiger partial charge < -0.3 is 4.90 Å². The number of carbonyl (C=O) groups excluding carboxylic acids is 1. The lowest BCUT2D eigenvalue weighted by molar-refractivity contribution is -0.137. The molecule has 0 unspecified atom stereocenters. The van der Waals surface area contributed by atoms with Gasteiger partial charge in [0.15, 0.2) is 0 Å². The molecule has 1 aliphatic rings. The fraction of sp³-hybridized carbons (Fsp3) is 0.588. The highest BCUT2D eigenvalue weighted by atomic mass is 32.2. The Kier molecular flexibility index (Phi) is 6.68. The van der Waals surface area contributed by atoms with E-state index in [1.807, 2.05) is 0 Å². The lowest BCUT2D eigenvalue weighted by Gasteiger charge is -2.32. The van der Waals surface area contributed by atoms with Crippen LogP contribution in [0.2, 0.25) is 0 Å². The van der Waals surface area contributed by atoms with Crippen molar-refractivity contribution in [1.29, 1.82) is 0 Å². The lowest BCUT2D eigenvalue weighted by atomic mass is 9.92. The van der Waals surface area contributed by atoms with E-state index in [0.29, 0.717) is 25.4 Å². The third-order valence-corrected chi connectivity index (χ3v) is 5.01. The maximum Gasteiger partial charge on any atom is 0.416 e. The van der Waals surface area contributed by atoms with Gasteiger partial charge in [-0.15, -0.1) is 0 Å². The molecule has 1 amide bonds. The molecular formula is C17H22F3NO4S. The minimum atomic E-state index is -4.42. The third kappa shape index (κ3) is 6.28. The summed E-state index contributed by atoms with van der Waals surface area (Å²) in [5.74, 6) is 0.118. The summed E-state index contributed by atoms with van der Waals surface area (Å²) in [6.45, 7) is 1.23. The van der Waals surface area contributed by atoms with Crippen molar-refractivity contribution in [3.8, 4) is 0 Å². The fourth-order valence-electron chi connectivity index (χ4n) is 2.99. The first-order valence-electron chi connectivity index (χ1n) is 8.37. The fourth-order valence-corrected chi connectivity index (χ4v) is 3.41. The molecule has 0 N–H and O–H groups in total. The molecule has 1 aromatic carbocycles. The number of hydrogen-bond acceptors (Lipinski definition) is 4. The van der Waals surface area contributed by atoms with Crippen LogP contribution < -0.4 is 0 Å². The molecule has 0 bridgehead atoms. The first kappa shape index (κ1) is 20.7. The van der Waals surface area contributed by atoms with E-state index in [4.69, 9.17) is 4.18 Å². The SMILES string of the molecule is CS(=O)(=O)OCCCC1CCN(C(=O)c2ccc(C(F)(F)F)cc2)CC1. The molecule has 9 heteroatoms. The summed E-state index contributed by atoms with van der Waals surface area (Å²) in [6.07, 6.45) is -0.391. The Bertz CT molecular complexity index is 709. The van der Waals surface area contributed by atoms with Crippen LogP contribution >= 0.6 is 0 Å². The number of hydrogen-bond donors (Lipinski definition) is 0.